The Balaban J connectivity index is 0.949. The maximum Gasteiger partial charge on any atom is 0.252 e. The van der Waals surface area contributed by atoms with E-state index < -0.39 is 5.41 Å². The molecule has 4 heterocycles. The molecule has 2 aliphatic heterocycles. The minimum Gasteiger partial charge on any atom is -0.310 e. The Morgan fingerprint density at radius 2 is 0.446 bits per heavy atom. The molecule has 0 unspecified atom stereocenters. The van der Waals surface area contributed by atoms with Crippen LogP contribution in [-0.2, 0) is 41.9 Å². The van der Waals surface area contributed by atoms with Crippen LogP contribution < -0.4 is 26.2 Å². The molecule has 0 bridgehead atoms. The fraction of sp³-hybridized carbons (Fsp3) is 0.239. The molecule has 139 heavy (non-hydrogen) atoms. The summed E-state index contributed by atoms with van der Waals surface area (Å²) in [5.41, 5.74) is 44.4. The number of rotatable bonds is 16. The van der Waals surface area contributed by atoms with Crippen molar-refractivity contribution in [3.63, 3.8) is 0 Å². The van der Waals surface area contributed by atoms with Crippen LogP contribution in [0.1, 0.15) is 184 Å². The molecular weight excluding hydrogens is 1680 g/mol. The average molecular weight is 1810 g/mol. The summed E-state index contributed by atoms with van der Waals surface area (Å²) in [6.07, 6.45) is 3.65. The van der Waals surface area contributed by atoms with Crippen molar-refractivity contribution in [2.75, 3.05) is 9.80 Å². The van der Waals surface area contributed by atoms with Crippen molar-refractivity contribution >= 4 is 101 Å². The van der Waals surface area contributed by atoms with Gasteiger partial charge in [0.2, 0.25) is 0 Å². The van der Waals surface area contributed by atoms with Crippen LogP contribution in [0.4, 0.5) is 34.1 Å². The van der Waals surface area contributed by atoms with Crippen LogP contribution in [0.3, 0.4) is 0 Å². The van der Waals surface area contributed by atoms with Gasteiger partial charge in [-0.2, -0.15) is 0 Å². The summed E-state index contributed by atoms with van der Waals surface area (Å²) in [6.45, 7) is 50.1. The predicted molar refractivity (Wildman–Crippen MR) is 601 cm³/mol. The molecule has 0 atom stereocenters. The number of anilines is 6. The molecular formula is C134H131BN4. The van der Waals surface area contributed by atoms with Gasteiger partial charge in [0.25, 0.3) is 6.71 Å². The van der Waals surface area contributed by atoms with Gasteiger partial charge >= 0.3 is 0 Å². The second kappa shape index (κ2) is 34.6. The Hall–Kier alpha value is -14.0. The van der Waals surface area contributed by atoms with Crippen molar-refractivity contribution in [2.24, 2.45) is 21.7 Å². The highest BCUT2D eigenvalue weighted by Crippen LogP contribution is 2.57. The monoisotopic (exact) mass is 1810 g/mol. The van der Waals surface area contributed by atoms with E-state index in [9.17, 15) is 0 Å². The molecule has 690 valence electrons. The average Bonchev–Trinajstić information content (AvgIpc) is 1.57. The van der Waals surface area contributed by atoms with Gasteiger partial charge in [-0.05, 0) is 295 Å². The first-order valence-electron chi connectivity index (χ1n) is 50.4. The zero-order valence-electron chi connectivity index (χ0n) is 85.3. The van der Waals surface area contributed by atoms with E-state index in [1.165, 1.54) is 166 Å². The van der Waals surface area contributed by atoms with Gasteiger partial charge in [0, 0.05) is 77.9 Å². The minimum absolute atomic E-state index is 0.0128. The third-order valence-corrected chi connectivity index (χ3v) is 28.7. The van der Waals surface area contributed by atoms with Crippen molar-refractivity contribution in [3.05, 3.63) is 403 Å². The molecule has 17 aromatic carbocycles. The molecule has 21 rings (SSSR count). The molecule has 19 aromatic rings. The molecule has 5 heteroatoms. The lowest BCUT2D eigenvalue weighted by Crippen LogP contribution is -2.61. The predicted octanol–water partition coefficient (Wildman–Crippen LogP) is 35.5. The normalized spacial score (nSPS) is 13.1. The van der Waals surface area contributed by atoms with Gasteiger partial charge < -0.3 is 18.9 Å². The molecule has 0 N–H and O–H groups in total. The highest BCUT2D eigenvalue weighted by Gasteiger charge is 2.47. The molecule has 0 radical (unpaired) electrons. The van der Waals surface area contributed by atoms with Gasteiger partial charge in [0.15, 0.2) is 0 Å². The number of aromatic nitrogens is 2. The Kier molecular flexibility index (Phi) is 22.7. The van der Waals surface area contributed by atoms with Gasteiger partial charge in [0.05, 0.1) is 33.4 Å². The zero-order chi connectivity index (χ0) is 96.9. The van der Waals surface area contributed by atoms with E-state index >= 15 is 0 Å². The Morgan fingerprint density at radius 1 is 0.201 bits per heavy atom. The summed E-state index contributed by atoms with van der Waals surface area (Å²) >= 11 is 0. The van der Waals surface area contributed by atoms with Crippen molar-refractivity contribution < 1.29 is 0 Å². The summed E-state index contributed by atoms with van der Waals surface area (Å²) < 4.78 is 5.18. The number of fused-ring (bicyclic) bond motifs is 10. The summed E-state index contributed by atoms with van der Waals surface area (Å²) in [5.74, 6) is 0. The first-order chi connectivity index (χ1) is 66.2. The van der Waals surface area contributed by atoms with Crippen molar-refractivity contribution in [2.45, 2.75) is 187 Å². The van der Waals surface area contributed by atoms with Crippen LogP contribution in [0.2, 0.25) is 0 Å². The van der Waals surface area contributed by atoms with Crippen molar-refractivity contribution in [1.82, 2.24) is 9.13 Å². The molecule has 0 saturated heterocycles. The largest absolute Gasteiger partial charge is 0.310 e. The van der Waals surface area contributed by atoms with E-state index in [1.807, 2.05) is 0 Å². The number of benzene rings is 17. The summed E-state index contributed by atoms with van der Waals surface area (Å²) in [4.78, 5) is 5.67. The van der Waals surface area contributed by atoms with Crippen LogP contribution in [-0.4, -0.2) is 15.8 Å². The summed E-state index contributed by atoms with van der Waals surface area (Å²) in [5, 5.41) is 4.80. The summed E-state index contributed by atoms with van der Waals surface area (Å²) in [6, 6.07) is 142. The fourth-order valence-corrected chi connectivity index (χ4v) is 22.3. The molecule has 4 nitrogen and oxygen atoms in total. The lowest BCUT2D eigenvalue weighted by atomic mass is 9.33. The van der Waals surface area contributed by atoms with E-state index in [0.717, 1.165) is 93.2 Å². The van der Waals surface area contributed by atoms with Crippen LogP contribution in [0, 0.1) is 21.7 Å². The van der Waals surface area contributed by atoms with E-state index in [-0.39, 0.29) is 39.2 Å². The lowest BCUT2D eigenvalue weighted by Gasteiger charge is -2.47. The first kappa shape index (κ1) is 91.4. The van der Waals surface area contributed by atoms with E-state index in [4.69, 9.17) is 0 Å². The smallest absolute Gasteiger partial charge is 0.252 e. The van der Waals surface area contributed by atoms with Gasteiger partial charge in [-0.15, -0.1) is 0 Å². The molecule has 0 aliphatic carbocycles. The van der Waals surface area contributed by atoms with Crippen LogP contribution in [0.25, 0.3) is 144 Å². The molecule has 0 saturated carbocycles. The maximum atomic E-state index is 2.84. The van der Waals surface area contributed by atoms with Gasteiger partial charge in [-0.25, -0.2) is 0 Å². The third kappa shape index (κ3) is 17.8. The van der Waals surface area contributed by atoms with Gasteiger partial charge in [-0.3, -0.25) is 0 Å². The van der Waals surface area contributed by atoms with E-state index in [1.54, 1.807) is 0 Å². The van der Waals surface area contributed by atoms with Gasteiger partial charge in [-0.1, -0.05) is 400 Å². The van der Waals surface area contributed by atoms with Gasteiger partial charge in [0.1, 0.15) is 0 Å². The number of hydrogen-bond donors (Lipinski definition) is 0. The Bertz CT molecular complexity index is 7190. The lowest BCUT2D eigenvalue weighted by molar-refractivity contribution is 0.411. The molecule has 2 aliphatic rings. The van der Waals surface area contributed by atoms with Crippen LogP contribution in [0.15, 0.2) is 364 Å². The molecule has 0 spiro atoms. The Morgan fingerprint density at radius 3 is 0.691 bits per heavy atom. The number of nitrogens with zero attached hydrogens (tertiary/aromatic N) is 4. The highest BCUT2D eigenvalue weighted by molar-refractivity contribution is 7.00. The van der Waals surface area contributed by atoms with E-state index in [2.05, 4.69) is 528 Å². The quantitative estimate of drug-likeness (QED) is 0.0897. The number of hydrogen-bond acceptors (Lipinski definition) is 2. The maximum absolute atomic E-state index is 2.84. The molecule has 0 fully saturated rings. The van der Waals surface area contributed by atoms with Crippen LogP contribution >= 0.6 is 0 Å². The van der Waals surface area contributed by atoms with Crippen molar-refractivity contribution in [1.29, 1.82) is 0 Å². The Labute approximate surface area is 826 Å². The second-order valence-electron chi connectivity index (χ2n) is 47.9. The standard InChI is InChI=1S/C134H131BN4/c1-128(2,3)82-86-38-34-50-98(66-86)107-74-102(132(13,14)15)75-108(99-51-35-39-87(67-99)83-129(4,5)6)126(107)138-121-80-105(136-117-62-54-94(90-42-26-22-27-43-90)70-111(117)112-71-95(55-63-118(112)136)91-44-28-23-29-45-91)58-60-115(121)135-116-61-59-106(137-119-64-56-96(92-46-30-24-31-47-92)72-113(119)114-73-97(57-65-120(114)137)93-48-32-25-33-49-93)81-122(116)139(124-79-104(134(19,20)21)78-123(138)125(124)135)127-109(100-52-36-40-88(68-100)84-130(7,8)9)76-103(133(16,17)18)77-110(127)101-53-37-41-89(69-101)85-131(10,11)12/h22-81H,82-85H2,1-21H3. The highest BCUT2D eigenvalue weighted by atomic mass is 15.2. The van der Waals surface area contributed by atoms with Crippen LogP contribution in [0.5, 0.6) is 0 Å². The second-order valence-corrected chi connectivity index (χ2v) is 47.9. The topological polar surface area (TPSA) is 16.3 Å². The first-order valence-corrected chi connectivity index (χ1v) is 50.4. The SMILES string of the molecule is CC(C)(C)Cc1cccc(-c2cc(C(C)(C)C)cc(-c3cccc(CC(C)(C)C)c3)c2N2c3cc(-n4c5ccc(-c6ccccc6)cc5c5cc(-c6ccccc6)ccc54)ccc3B3c4ccc(-n5c6ccc(-c7ccccc7)cc6c6cc(-c7ccccc7)ccc65)cc4N(c4c(-c5cccc(CC(C)(C)C)c5)cc(C(C)(C)C)cc4-c4cccc(CC(C)(C)C)c4)c4cc(C(C)(C)C)cc2c43)c1. The third-order valence-electron chi connectivity index (χ3n) is 28.7. The minimum atomic E-state index is -0.419. The summed E-state index contributed by atoms with van der Waals surface area (Å²) in [7, 11) is 0. The zero-order valence-corrected chi connectivity index (χ0v) is 85.3. The molecule has 2 aromatic heterocycles. The molecule has 0 amide bonds. The van der Waals surface area contributed by atoms with Crippen molar-refractivity contribution in [3.8, 4) is 100 Å². The fourth-order valence-electron chi connectivity index (χ4n) is 22.3. The van der Waals surface area contributed by atoms with E-state index in [0.29, 0.717) is 0 Å².